The van der Waals surface area contributed by atoms with Gasteiger partial charge in [-0.05, 0) is 31.5 Å². The summed E-state index contributed by atoms with van der Waals surface area (Å²) < 4.78 is 24.0. The van der Waals surface area contributed by atoms with Gasteiger partial charge in [-0.1, -0.05) is 12.1 Å². The molecule has 1 heterocycles. The summed E-state index contributed by atoms with van der Waals surface area (Å²) in [6.07, 6.45) is 3.76. The number of benzene rings is 1. The lowest BCUT2D eigenvalue weighted by Crippen LogP contribution is -2.11. The third-order valence-electron chi connectivity index (χ3n) is 2.88. The highest BCUT2D eigenvalue weighted by atomic mass is 32.2. The molecule has 0 aliphatic rings. The minimum atomic E-state index is -2.90. The first kappa shape index (κ1) is 14.6. The van der Waals surface area contributed by atoms with Crippen LogP contribution in [0.2, 0.25) is 0 Å². The molecule has 0 saturated carbocycles. The Balaban J connectivity index is 2.05. The fourth-order valence-corrected chi connectivity index (χ4v) is 2.60. The molecule has 0 aliphatic carbocycles. The van der Waals surface area contributed by atoms with E-state index in [1.807, 2.05) is 48.1 Å². The number of hydrogen-bond acceptors (Lipinski definition) is 4. The molecule has 2 aromatic rings. The van der Waals surface area contributed by atoms with Gasteiger partial charge in [0.05, 0.1) is 22.8 Å². The summed E-state index contributed by atoms with van der Waals surface area (Å²) >= 11 is 0. The number of aromatic nitrogens is 2. The molecule has 0 bridgehead atoms. The summed E-state index contributed by atoms with van der Waals surface area (Å²) in [7, 11) is -2.90. The maximum Gasteiger partial charge on any atom is 0.147 e. The van der Waals surface area contributed by atoms with Crippen LogP contribution in [0, 0.1) is 6.92 Å². The Hall–Kier alpha value is -1.82. The normalized spacial score (nSPS) is 11.5. The lowest BCUT2D eigenvalue weighted by atomic mass is 10.2. The van der Waals surface area contributed by atoms with E-state index in [0.717, 1.165) is 17.1 Å². The van der Waals surface area contributed by atoms with Crippen molar-refractivity contribution in [2.24, 2.45) is 0 Å². The molecule has 0 atom stereocenters. The molecule has 20 heavy (non-hydrogen) atoms. The van der Waals surface area contributed by atoms with Gasteiger partial charge < -0.3 is 5.32 Å². The average molecular weight is 293 g/mol. The van der Waals surface area contributed by atoms with Gasteiger partial charge in [0.25, 0.3) is 0 Å². The molecule has 0 spiro atoms. The van der Waals surface area contributed by atoms with Gasteiger partial charge in [0, 0.05) is 19.0 Å². The SMILES string of the molecule is Cc1ccn(-c2ccccc2NCCCS(C)(=O)=O)n1. The molecule has 0 aliphatic heterocycles. The summed E-state index contributed by atoms with van der Waals surface area (Å²) in [5.41, 5.74) is 2.86. The number of sulfone groups is 1. The third kappa shape index (κ3) is 4.09. The molecule has 0 fully saturated rings. The molecule has 6 heteroatoms. The third-order valence-corrected chi connectivity index (χ3v) is 3.91. The van der Waals surface area contributed by atoms with Crippen molar-refractivity contribution in [3.63, 3.8) is 0 Å². The van der Waals surface area contributed by atoms with Crippen molar-refractivity contribution >= 4 is 15.5 Å². The quantitative estimate of drug-likeness (QED) is 0.828. The molecule has 1 N–H and O–H groups in total. The van der Waals surface area contributed by atoms with Gasteiger partial charge >= 0.3 is 0 Å². The highest BCUT2D eigenvalue weighted by molar-refractivity contribution is 7.90. The molecule has 1 aromatic heterocycles. The summed E-state index contributed by atoms with van der Waals surface area (Å²) in [5.74, 6) is 0.197. The lowest BCUT2D eigenvalue weighted by molar-refractivity contribution is 0.600. The molecule has 0 unspecified atom stereocenters. The van der Waals surface area contributed by atoms with Crippen LogP contribution in [0.4, 0.5) is 5.69 Å². The molecular formula is C14H19N3O2S. The standard InChI is InChI=1S/C14H19N3O2S/c1-12-8-10-17(16-12)14-7-4-3-6-13(14)15-9-5-11-20(2,18)19/h3-4,6-8,10,15H,5,9,11H2,1-2H3. The molecule has 0 radical (unpaired) electrons. The van der Waals surface area contributed by atoms with E-state index in [-0.39, 0.29) is 5.75 Å². The highest BCUT2D eigenvalue weighted by Crippen LogP contribution is 2.19. The van der Waals surface area contributed by atoms with Crippen LogP contribution in [-0.2, 0) is 9.84 Å². The van der Waals surface area contributed by atoms with Gasteiger partial charge in [-0.15, -0.1) is 0 Å². The van der Waals surface area contributed by atoms with Crippen molar-refractivity contribution in [1.29, 1.82) is 0 Å². The van der Waals surface area contributed by atoms with Crippen LogP contribution in [0.5, 0.6) is 0 Å². The van der Waals surface area contributed by atoms with E-state index in [1.54, 1.807) is 0 Å². The lowest BCUT2D eigenvalue weighted by Gasteiger charge is -2.11. The summed E-state index contributed by atoms with van der Waals surface area (Å²) in [6, 6.07) is 9.78. The number of nitrogens with zero attached hydrogens (tertiary/aromatic N) is 2. The van der Waals surface area contributed by atoms with Crippen LogP contribution in [0.1, 0.15) is 12.1 Å². The molecular weight excluding hydrogens is 274 g/mol. The maximum atomic E-state index is 11.1. The summed E-state index contributed by atoms with van der Waals surface area (Å²) in [6.45, 7) is 2.56. The van der Waals surface area contributed by atoms with E-state index in [4.69, 9.17) is 0 Å². The first-order valence-electron chi connectivity index (χ1n) is 6.49. The van der Waals surface area contributed by atoms with E-state index in [2.05, 4.69) is 10.4 Å². The van der Waals surface area contributed by atoms with Gasteiger partial charge in [-0.2, -0.15) is 5.10 Å². The Labute approximate surface area is 119 Å². The zero-order chi connectivity index (χ0) is 14.6. The zero-order valence-electron chi connectivity index (χ0n) is 11.7. The van der Waals surface area contributed by atoms with Crippen molar-refractivity contribution in [2.75, 3.05) is 23.9 Å². The number of rotatable bonds is 6. The monoisotopic (exact) mass is 293 g/mol. The van der Waals surface area contributed by atoms with Gasteiger partial charge in [0.2, 0.25) is 0 Å². The Morgan fingerprint density at radius 2 is 2.00 bits per heavy atom. The van der Waals surface area contributed by atoms with Crippen LogP contribution in [0.15, 0.2) is 36.5 Å². The fourth-order valence-electron chi connectivity index (χ4n) is 1.93. The van der Waals surface area contributed by atoms with Crippen molar-refractivity contribution in [2.45, 2.75) is 13.3 Å². The predicted octanol–water partition coefficient (Wildman–Crippen LogP) is 2.03. The molecule has 5 nitrogen and oxygen atoms in total. The Bertz CT molecular complexity index is 677. The maximum absolute atomic E-state index is 11.1. The van der Waals surface area contributed by atoms with Crippen molar-refractivity contribution in [3.8, 4) is 5.69 Å². The minimum Gasteiger partial charge on any atom is -0.383 e. The van der Waals surface area contributed by atoms with Crippen LogP contribution >= 0.6 is 0 Å². The number of anilines is 1. The Morgan fingerprint density at radius 3 is 2.65 bits per heavy atom. The van der Waals surface area contributed by atoms with Crippen molar-refractivity contribution < 1.29 is 8.42 Å². The first-order valence-corrected chi connectivity index (χ1v) is 8.55. The van der Waals surface area contributed by atoms with E-state index in [1.165, 1.54) is 6.26 Å². The Kier molecular flexibility index (Phi) is 4.44. The second-order valence-corrected chi connectivity index (χ2v) is 7.09. The van der Waals surface area contributed by atoms with Crippen LogP contribution in [-0.4, -0.2) is 36.8 Å². The largest absolute Gasteiger partial charge is 0.383 e. The minimum absolute atomic E-state index is 0.197. The molecule has 1 aromatic carbocycles. The van der Waals surface area contributed by atoms with E-state index < -0.39 is 9.84 Å². The number of hydrogen-bond donors (Lipinski definition) is 1. The van der Waals surface area contributed by atoms with Gasteiger partial charge in [0.15, 0.2) is 0 Å². The molecule has 0 saturated heterocycles. The second-order valence-electron chi connectivity index (χ2n) is 4.83. The summed E-state index contributed by atoms with van der Waals surface area (Å²) in [4.78, 5) is 0. The van der Waals surface area contributed by atoms with E-state index in [0.29, 0.717) is 13.0 Å². The zero-order valence-corrected chi connectivity index (χ0v) is 12.5. The molecule has 0 amide bonds. The molecule has 2 rings (SSSR count). The van der Waals surface area contributed by atoms with Gasteiger partial charge in [-0.3, -0.25) is 0 Å². The number of aryl methyl sites for hydroxylation is 1. The molecule has 108 valence electrons. The first-order chi connectivity index (χ1) is 9.46. The van der Waals surface area contributed by atoms with E-state index >= 15 is 0 Å². The fraction of sp³-hybridized carbons (Fsp3) is 0.357. The number of para-hydroxylation sites is 2. The van der Waals surface area contributed by atoms with Crippen molar-refractivity contribution in [3.05, 3.63) is 42.2 Å². The second kappa shape index (κ2) is 6.09. The van der Waals surface area contributed by atoms with Crippen molar-refractivity contribution in [1.82, 2.24) is 9.78 Å². The smallest absolute Gasteiger partial charge is 0.147 e. The predicted molar refractivity (Wildman–Crippen MR) is 81.1 cm³/mol. The van der Waals surface area contributed by atoms with Crippen LogP contribution in [0.3, 0.4) is 0 Å². The van der Waals surface area contributed by atoms with Gasteiger partial charge in [0.1, 0.15) is 9.84 Å². The van der Waals surface area contributed by atoms with E-state index in [9.17, 15) is 8.42 Å². The van der Waals surface area contributed by atoms with Gasteiger partial charge in [-0.25, -0.2) is 13.1 Å². The topological polar surface area (TPSA) is 64.0 Å². The Morgan fingerprint density at radius 1 is 1.25 bits per heavy atom. The highest BCUT2D eigenvalue weighted by Gasteiger charge is 2.05. The number of nitrogens with one attached hydrogen (secondary N) is 1. The van der Waals surface area contributed by atoms with Crippen LogP contribution in [0.25, 0.3) is 5.69 Å². The average Bonchev–Trinajstić information content (AvgIpc) is 2.81. The summed E-state index contributed by atoms with van der Waals surface area (Å²) in [5, 5.41) is 7.66. The van der Waals surface area contributed by atoms with Crippen LogP contribution < -0.4 is 5.32 Å².